The van der Waals surface area contributed by atoms with Gasteiger partial charge < -0.3 is 4.90 Å². The Morgan fingerprint density at radius 2 is 1.63 bits per heavy atom. The van der Waals surface area contributed by atoms with Gasteiger partial charge in [-0.25, -0.2) is 17.5 Å². The van der Waals surface area contributed by atoms with Crippen molar-refractivity contribution in [1.29, 1.82) is 0 Å². The molecule has 1 aliphatic heterocycles. The quantitative estimate of drug-likeness (QED) is 0.207. The van der Waals surface area contributed by atoms with Crippen LogP contribution in [-0.4, -0.2) is 45.4 Å². The van der Waals surface area contributed by atoms with Gasteiger partial charge in [-0.2, -0.15) is 0 Å². The van der Waals surface area contributed by atoms with E-state index in [9.17, 15) is 17.6 Å². The monoisotopic (exact) mass is 633 g/mol. The highest BCUT2D eigenvalue weighted by atomic mass is 35.5. The number of piperazine rings is 1. The van der Waals surface area contributed by atoms with Crippen molar-refractivity contribution < 1.29 is 17.6 Å². The molecule has 0 radical (unpaired) electrons. The van der Waals surface area contributed by atoms with E-state index in [0.717, 1.165) is 60.3 Å². The molecular formula is C33H29ClFN3O3S2. The Kier molecular flexibility index (Phi) is 8.24. The zero-order chi connectivity index (χ0) is 30.1. The highest BCUT2D eigenvalue weighted by Gasteiger charge is 2.25. The van der Waals surface area contributed by atoms with E-state index in [1.165, 1.54) is 23.3 Å². The predicted molar refractivity (Wildman–Crippen MR) is 172 cm³/mol. The van der Waals surface area contributed by atoms with Crippen LogP contribution in [0.4, 0.5) is 10.1 Å². The van der Waals surface area contributed by atoms with Crippen LogP contribution in [0.2, 0.25) is 5.02 Å². The fourth-order valence-corrected chi connectivity index (χ4v) is 8.30. The minimum Gasteiger partial charge on any atom is -0.369 e. The summed E-state index contributed by atoms with van der Waals surface area (Å²) in [6, 6.07) is 27.5. The van der Waals surface area contributed by atoms with Crippen molar-refractivity contribution in [2.24, 2.45) is 0 Å². The maximum absolute atomic E-state index is 13.7. The first-order chi connectivity index (χ1) is 20.7. The number of aryl methyl sites for hydroxylation is 1. The van der Waals surface area contributed by atoms with Gasteiger partial charge in [0.05, 0.1) is 0 Å². The Morgan fingerprint density at radius 3 is 2.35 bits per heavy atom. The van der Waals surface area contributed by atoms with Crippen LogP contribution in [-0.2, 0) is 16.6 Å². The van der Waals surface area contributed by atoms with E-state index in [4.69, 9.17) is 11.6 Å². The molecule has 0 unspecified atom stereocenters. The number of rotatable bonds is 7. The van der Waals surface area contributed by atoms with E-state index < -0.39 is 21.7 Å². The van der Waals surface area contributed by atoms with E-state index >= 15 is 0 Å². The molecular weight excluding hydrogens is 605 g/mol. The molecule has 10 heteroatoms. The highest BCUT2D eigenvalue weighted by Crippen LogP contribution is 2.34. The Hall–Kier alpha value is -3.76. The van der Waals surface area contributed by atoms with E-state index in [2.05, 4.69) is 38.8 Å². The first-order valence-electron chi connectivity index (χ1n) is 13.8. The van der Waals surface area contributed by atoms with Crippen LogP contribution in [0.15, 0.2) is 95.2 Å². The van der Waals surface area contributed by atoms with Crippen molar-refractivity contribution in [3.63, 3.8) is 0 Å². The van der Waals surface area contributed by atoms with Crippen LogP contribution >= 0.6 is 22.9 Å². The van der Waals surface area contributed by atoms with Crippen molar-refractivity contribution in [2.75, 3.05) is 31.1 Å². The largest absolute Gasteiger partial charge is 0.369 e. The number of fused-ring (bicyclic) bond motifs is 1. The highest BCUT2D eigenvalue weighted by molar-refractivity contribution is 7.92. The fourth-order valence-electron chi connectivity index (χ4n) is 5.45. The number of nitrogens with one attached hydrogen (secondary N) is 1. The summed E-state index contributed by atoms with van der Waals surface area (Å²) in [6.45, 7) is 5.88. The Labute approximate surface area is 259 Å². The molecule has 1 aliphatic rings. The van der Waals surface area contributed by atoms with Crippen LogP contribution in [0.25, 0.3) is 21.2 Å². The number of thiophene rings is 1. The average Bonchev–Trinajstić information content (AvgIpc) is 3.34. The van der Waals surface area contributed by atoms with Crippen LogP contribution in [0.5, 0.6) is 0 Å². The third-order valence-electron chi connectivity index (χ3n) is 7.76. The lowest BCUT2D eigenvalue weighted by Gasteiger charge is -2.36. The number of benzene rings is 4. The molecule has 0 atom stereocenters. The molecule has 4 aromatic carbocycles. The summed E-state index contributed by atoms with van der Waals surface area (Å²) in [5.41, 5.74) is 5.25. The van der Waals surface area contributed by atoms with Gasteiger partial charge in [0.15, 0.2) is 0 Å². The summed E-state index contributed by atoms with van der Waals surface area (Å²) < 4.78 is 42.6. The van der Waals surface area contributed by atoms with E-state index in [-0.39, 0.29) is 9.77 Å². The summed E-state index contributed by atoms with van der Waals surface area (Å²) in [6.07, 6.45) is 0. The lowest BCUT2D eigenvalue weighted by Crippen LogP contribution is -2.46. The van der Waals surface area contributed by atoms with Gasteiger partial charge in [-0.1, -0.05) is 48.0 Å². The van der Waals surface area contributed by atoms with Gasteiger partial charge in [0, 0.05) is 53.7 Å². The zero-order valence-electron chi connectivity index (χ0n) is 23.4. The number of halogens is 2. The maximum atomic E-state index is 13.7. The molecule has 1 N–H and O–H groups in total. The Bertz CT molecular complexity index is 1900. The van der Waals surface area contributed by atoms with E-state index in [0.29, 0.717) is 15.6 Å². The normalized spacial score (nSPS) is 14.3. The lowest BCUT2D eigenvalue weighted by atomic mass is 9.99. The van der Waals surface area contributed by atoms with Gasteiger partial charge in [0.25, 0.3) is 15.9 Å². The van der Waals surface area contributed by atoms with E-state index in [1.54, 1.807) is 25.1 Å². The number of anilines is 1. The number of hydrogen-bond donors (Lipinski definition) is 1. The van der Waals surface area contributed by atoms with Crippen LogP contribution in [0.3, 0.4) is 0 Å². The maximum Gasteiger partial charge on any atom is 0.274 e. The van der Waals surface area contributed by atoms with Gasteiger partial charge in [-0.3, -0.25) is 9.69 Å². The van der Waals surface area contributed by atoms with Gasteiger partial charge in [-0.15, -0.1) is 11.3 Å². The number of carbonyl (C=O) groups excluding carboxylic acids is 1. The topological polar surface area (TPSA) is 69.7 Å². The lowest BCUT2D eigenvalue weighted by molar-refractivity contribution is 0.0981. The molecule has 1 fully saturated rings. The van der Waals surface area contributed by atoms with Crippen molar-refractivity contribution in [2.45, 2.75) is 17.7 Å². The average molecular weight is 634 g/mol. The summed E-state index contributed by atoms with van der Waals surface area (Å²) in [4.78, 5) is 17.6. The number of carbonyl (C=O) groups is 1. The standard InChI is InChI=1S/C33H29ClFN3O3S2/c1-22-30-20-27(35)12-15-31(30)42-33(22)43(40,41)36-32(39)24-8-13-28(14-9-24)38-18-16-37(17-19-38)21-25-4-2-3-5-29(25)23-6-10-26(34)11-7-23/h2-15,20H,16-19,21H2,1H3,(H,36,39). The Morgan fingerprint density at radius 1 is 0.930 bits per heavy atom. The molecule has 0 aliphatic carbocycles. The molecule has 0 spiro atoms. The molecule has 43 heavy (non-hydrogen) atoms. The van der Waals surface area contributed by atoms with Crippen LogP contribution in [0, 0.1) is 12.7 Å². The SMILES string of the molecule is Cc1c(S(=O)(=O)NC(=O)c2ccc(N3CCN(Cc4ccccc4-c4ccc(Cl)cc4)CC3)cc2)sc2ccc(F)cc12. The molecule has 1 aromatic heterocycles. The molecule has 5 aromatic rings. The number of sulfonamides is 1. The smallest absolute Gasteiger partial charge is 0.274 e. The number of amides is 1. The Balaban J connectivity index is 1.08. The van der Waals surface area contributed by atoms with Gasteiger partial charge in [0.2, 0.25) is 0 Å². The summed E-state index contributed by atoms with van der Waals surface area (Å²) in [7, 11) is -4.12. The minimum atomic E-state index is -4.12. The van der Waals surface area contributed by atoms with Crippen molar-refractivity contribution in [3.05, 3.63) is 119 Å². The van der Waals surface area contributed by atoms with Gasteiger partial charge in [-0.05, 0) is 89.2 Å². The zero-order valence-corrected chi connectivity index (χ0v) is 25.8. The molecule has 220 valence electrons. The number of hydrogen-bond acceptors (Lipinski definition) is 6. The molecule has 1 amide bonds. The molecule has 2 heterocycles. The molecule has 0 saturated carbocycles. The summed E-state index contributed by atoms with van der Waals surface area (Å²) in [5.74, 6) is -1.15. The second-order valence-corrected chi connectivity index (χ2v) is 13.9. The second kappa shape index (κ2) is 12.1. The molecule has 1 saturated heterocycles. The fraction of sp³-hybridized carbons (Fsp3) is 0.182. The summed E-state index contributed by atoms with van der Waals surface area (Å²) in [5, 5.41) is 1.24. The molecule has 0 bridgehead atoms. The molecule has 6 nitrogen and oxygen atoms in total. The third kappa shape index (κ3) is 6.31. The van der Waals surface area contributed by atoms with Crippen molar-refractivity contribution >= 4 is 54.6 Å². The summed E-state index contributed by atoms with van der Waals surface area (Å²) >= 11 is 7.10. The molecule has 6 rings (SSSR count). The second-order valence-electron chi connectivity index (χ2n) is 10.6. The van der Waals surface area contributed by atoms with Crippen LogP contribution < -0.4 is 9.62 Å². The van der Waals surface area contributed by atoms with Crippen LogP contribution in [0.1, 0.15) is 21.5 Å². The third-order valence-corrected chi connectivity index (χ3v) is 11.2. The van der Waals surface area contributed by atoms with Gasteiger partial charge in [0.1, 0.15) is 10.0 Å². The minimum absolute atomic E-state index is 0.00623. The number of nitrogens with zero attached hydrogens (tertiary/aromatic N) is 2. The first-order valence-corrected chi connectivity index (χ1v) is 16.5. The van der Waals surface area contributed by atoms with Crippen molar-refractivity contribution in [3.8, 4) is 11.1 Å². The first kappa shape index (κ1) is 29.3. The van der Waals surface area contributed by atoms with Crippen molar-refractivity contribution in [1.82, 2.24) is 9.62 Å². The van der Waals surface area contributed by atoms with E-state index in [1.807, 2.05) is 36.4 Å². The predicted octanol–water partition coefficient (Wildman–Crippen LogP) is 7.11. The van der Waals surface area contributed by atoms with Gasteiger partial charge >= 0.3 is 0 Å².